The summed E-state index contributed by atoms with van der Waals surface area (Å²) >= 11 is 0. The number of carbonyl (C=O) groups excluding carboxylic acids is 2. The molecule has 9 heteroatoms. The average Bonchev–Trinajstić information content (AvgIpc) is 3.16. The van der Waals surface area contributed by atoms with Gasteiger partial charge in [-0.2, -0.15) is 18.3 Å². The molecule has 144 valence electrons. The second kappa shape index (κ2) is 6.43. The number of halogens is 3. The molecule has 1 saturated heterocycles. The summed E-state index contributed by atoms with van der Waals surface area (Å²) in [6.07, 6.45) is -4.47. The largest absolute Gasteiger partial charge is 0.416 e. The van der Waals surface area contributed by atoms with Crippen LogP contribution in [-0.2, 0) is 22.3 Å². The van der Waals surface area contributed by atoms with Crippen LogP contribution in [0.4, 0.5) is 18.9 Å². The second-order valence-corrected chi connectivity index (χ2v) is 6.74. The van der Waals surface area contributed by atoms with Gasteiger partial charge in [-0.1, -0.05) is 35.1 Å². The van der Waals surface area contributed by atoms with Gasteiger partial charge in [-0.25, -0.2) is 4.90 Å². The summed E-state index contributed by atoms with van der Waals surface area (Å²) in [6.45, 7) is 1.83. The van der Waals surface area contributed by atoms with Crippen LogP contribution in [0, 0.1) is 6.92 Å². The third-order valence-electron chi connectivity index (χ3n) is 4.75. The molecule has 2 atom stereocenters. The lowest BCUT2D eigenvalue weighted by atomic mass is 10.1. The summed E-state index contributed by atoms with van der Waals surface area (Å²) in [4.78, 5) is 26.6. The maximum absolute atomic E-state index is 12.9. The van der Waals surface area contributed by atoms with E-state index in [4.69, 9.17) is 0 Å². The first-order chi connectivity index (χ1) is 13.3. The molecule has 28 heavy (non-hydrogen) atoms. The van der Waals surface area contributed by atoms with E-state index in [1.807, 2.05) is 6.92 Å². The Kier molecular flexibility index (Phi) is 4.17. The molecule has 0 spiro atoms. The van der Waals surface area contributed by atoms with Gasteiger partial charge in [0.2, 0.25) is 0 Å². The smallest absolute Gasteiger partial charge is 0.271 e. The molecular weight excluding hydrogens is 373 g/mol. The number of imide groups is 1. The molecule has 2 aliphatic heterocycles. The van der Waals surface area contributed by atoms with Crippen molar-refractivity contribution < 1.29 is 22.8 Å². The first-order valence-corrected chi connectivity index (χ1v) is 8.54. The molecule has 2 unspecified atom stereocenters. The van der Waals surface area contributed by atoms with Crippen molar-refractivity contribution in [2.24, 2.45) is 10.3 Å². The van der Waals surface area contributed by atoms with Gasteiger partial charge in [0, 0.05) is 0 Å². The second-order valence-electron chi connectivity index (χ2n) is 6.74. The summed E-state index contributed by atoms with van der Waals surface area (Å²) in [5.41, 5.74) is 0.953. The number of alkyl halides is 3. The van der Waals surface area contributed by atoms with Crippen LogP contribution in [0.5, 0.6) is 0 Å². The van der Waals surface area contributed by atoms with Gasteiger partial charge in [-0.05, 0) is 36.8 Å². The van der Waals surface area contributed by atoms with E-state index >= 15 is 0 Å². The molecule has 0 saturated carbocycles. The van der Waals surface area contributed by atoms with Crippen LogP contribution in [0.2, 0.25) is 0 Å². The van der Waals surface area contributed by atoms with Crippen molar-refractivity contribution in [3.8, 4) is 0 Å². The lowest BCUT2D eigenvalue weighted by molar-refractivity contribution is -0.137. The van der Waals surface area contributed by atoms with Crippen molar-refractivity contribution in [2.75, 3.05) is 4.90 Å². The Bertz CT molecular complexity index is 972. The molecule has 0 aromatic heterocycles. The van der Waals surface area contributed by atoms with E-state index in [0.29, 0.717) is 11.3 Å². The van der Waals surface area contributed by atoms with Crippen molar-refractivity contribution in [1.29, 1.82) is 0 Å². The van der Waals surface area contributed by atoms with Gasteiger partial charge in [0.05, 0.1) is 17.8 Å². The van der Waals surface area contributed by atoms with Crippen LogP contribution >= 0.6 is 0 Å². The maximum Gasteiger partial charge on any atom is 0.416 e. The third kappa shape index (κ3) is 3.02. The van der Waals surface area contributed by atoms with Gasteiger partial charge in [0.25, 0.3) is 11.8 Å². The number of amides is 2. The Morgan fingerprint density at radius 2 is 1.75 bits per heavy atom. The Morgan fingerprint density at radius 3 is 2.43 bits per heavy atom. The molecule has 0 bridgehead atoms. The SMILES string of the molecule is Cc1ccc(N2C(=O)C3N=NN(Cc4cccc(C(F)(F)F)c4)C3C2=O)cc1. The number of aryl methyl sites for hydroxylation is 1. The molecule has 2 amide bonds. The van der Waals surface area contributed by atoms with Crippen molar-refractivity contribution in [3.63, 3.8) is 0 Å². The number of anilines is 1. The molecular formula is C19H15F3N4O2. The molecule has 4 rings (SSSR count). The van der Waals surface area contributed by atoms with Crippen LogP contribution in [0.25, 0.3) is 0 Å². The van der Waals surface area contributed by atoms with Crippen molar-refractivity contribution in [3.05, 3.63) is 65.2 Å². The van der Waals surface area contributed by atoms with Crippen LogP contribution in [0.1, 0.15) is 16.7 Å². The summed E-state index contributed by atoms with van der Waals surface area (Å²) in [7, 11) is 0. The van der Waals surface area contributed by atoms with E-state index in [2.05, 4.69) is 10.3 Å². The van der Waals surface area contributed by atoms with Crippen molar-refractivity contribution in [2.45, 2.75) is 31.7 Å². The lowest BCUT2D eigenvalue weighted by Gasteiger charge is -2.21. The van der Waals surface area contributed by atoms with Gasteiger partial charge in [0.1, 0.15) is 0 Å². The number of carbonyl (C=O) groups is 2. The van der Waals surface area contributed by atoms with E-state index in [1.54, 1.807) is 24.3 Å². The fraction of sp³-hybridized carbons (Fsp3) is 0.263. The molecule has 2 heterocycles. The first kappa shape index (κ1) is 18.1. The Labute approximate surface area is 158 Å². The van der Waals surface area contributed by atoms with Crippen LogP contribution in [0.15, 0.2) is 58.9 Å². The Hall–Kier alpha value is -3.23. The highest BCUT2D eigenvalue weighted by molar-refractivity contribution is 6.25. The van der Waals surface area contributed by atoms with E-state index in [9.17, 15) is 22.8 Å². The molecule has 0 N–H and O–H groups in total. The average molecular weight is 388 g/mol. The fourth-order valence-electron chi connectivity index (χ4n) is 3.34. The van der Waals surface area contributed by atoms with Gasteiger partial charge >= 0.3 is 6.18 Å². The molecule has 0 aliphatic carbocycles. The molecule has 1 fully saturated rings. The van der Waals surface area contributed by atoms with Gasteiger partial charge in [-0.15, -0.1) is 0 Å². The zero-order valence-electron chi connectivity index (χ0n) is 14.7. The molecule has 2 aromatic rings. The van der Waals surface area contributed by atoms with Crippen molar-refractivity contribution >= 4 is 17.5 Å². The summed E-state index contributed by atoms with van der Waals surface area (Å²) in [5, 5.41) is 9.02. The van der Waals surface area contributed by atoms with Crippen LogP contribution in [-0.4, -0.2) is 28.9 Å². The van der Waals surface area contributed by atoms with Crippen LogP contribution in [0.3, 0.4) is 0 Å². The topological polar surface area (TPSA) is 65.3 Å². The Morgan fingerprint density at radius 1 is 1.04 bits per heavy atom. The summed E-state index contributed by atoms with van der Waals surface area (Å²) in [6, 6.07) is 9.74. The minimum atomic E-state index is -4.47. The summed E-state index contributed by atoms with van der Waals surface area (Å²) < 4.78 is 38.7. The zero-order valence-corrected chi connectivity index (χ0v) is 14.7. The lowest BCUT2D eigenvalue weighted by Crippen LogP contribution is -2.39. The summed E-state index contributed by atoms with van der Waals surface area (Å²) in [5.74, 6) is -0.982. The first-order valence-electron chi connectivity index (χ1n) is 8.54. The quantitative estimate of drug-likeness (QED) is 0.756. The predicted molar refractivity (Wildman–Crippen MR) is 93.1 cm³/mol. The van der Waals surface area contributed by atoms with Crippen LogP contribution < -0.4 is 4.90 Å². The van der Waals surface area contributed by atoms with E-state index in [0.717, 1.165) is 22.6 Å². The number of fused-ring (bicyclic) bond motifs is 1. The standard InChI is InChI=1S/C19H15F3N4O2/c1-11-5-7-14(8-6-11)26-17(27)15-16(18(26)28)25(24-23-15)10-12-3-2-4-13(9-12)19(20,21)22/h2-9,15-16H,10H2,1H3. The highest BCUT2D eigenvalue weighted by atomic mass is 19.4. The monoisotopic (exact) mass is 388 g/mol. The minimum Gasteiger partial charge on any atom is -0.271 e. The zero-order chi connectivity index (χ0) is 20.1. The van der Waals surface area contributed by atoms with Gasteiger partial charge in [-0.3, -0.25) is 14.6 Å². The van der Waals surface area contributed by atoms with E-state index < -0.39 is 35.6 Å². The predicted octanol–water partition coefficient (Wildman–Crippen LogP) is 3.51. The number of benzene rings is 2. The molecule has 0 radical (unpaired) electrons. The number of hydrogen-bond acceptors (Lipinski definition) is 5. The minimum absolute atomic E-state index is 0.0602. The number of rotatable bonds is 3. The normalized spacial score (nSPS) is 21.6. The Balaban J connectivity index is 1.58. The number of hydrogen-bond donors (Lipinski definition) is 0. The number of nitrogens with zero attached hydrogens (tertiary/aromatic N) is 4. The highest BCUT2D eigenvalue weighted by Crippen LogP contribution is 2.34. The van der Waals surface area contributed by atoms with Gasteiger partial charge in [0.15, 0.2) is 12.1 Å². The van der Waals surface area contributed by atoms with Gasteiger partial charge < -0.3 is 0 Å². The maximum atomic E-state index is 12.9. The molecule has 6 nitrogen and oxygen atoms in total. The van der Waals surface area contributed by atoms with E-state index in [-0.39, 0.29) is 6.54 Å². The third-order valence-corrected chi connectivity index (χ3v) is 4.75. The molecule has 2 aromatic carbocycles. The highest BCUT2D eigenvalue weighted by Gasteiger charge is 2.54. The molecule has 2 aliphatic rings. The fourth-order valence-corrected chi connectivity index (χ4v) is 3.34. The van der Waals surface area contributed by atoms with Crippen molar-refractivity contribution in [1.82, 2.24) is 5.01 Å². The van der Waals surface area contributed by atoms with E-state index in [1.165, 1.54) is 17.1 Å².